The molecular formula is C11H7Cl2N5O. The van der Waals surface area contributed by atoms with Crippen molar-refractivity contribution in [3.8, 4) is 0 Å². The molecule has 0 saturated carbocycles. The van der Waals surface area contributed by atoms with Gasteiger partial charge in [-0.3, -0.25) is 5.32 Å². The van der Waals surface area contributed by atoms with Crippen molar-refractivity contribution in [3.05, 3.63) is 46.1 Å². The van der Waals surface area contributed by atoms with E-state index in [0.717, 1.165) is 0 Å². The molecule has 1 aromatic rings. The summed E-state index contributed by atoms with van der Waals surface area (Å²) in [5, 5.41) is 17.6. The van der Waals surface area contributed by atoms with Gasteiger partial charge >= 0.3 is 6.03 Å². The third-order valence-corrected chi connectivity index (χ3v) is 2.76. The molecule has 19 heavy (non-hydrogen) atoms. The average Bonchev–Trinajstić information content (AvgIpc) is 2.37. The number of benzene rings is 1. The topological polar surface area (TPSA) is 78.5 Å². The molecule has 96 valence electrons. The lowest BCUT2D eigenvalue weighted by Crippen LogP contribution is -2.31. The molecule has 6 nitrogen and oxygen atoms in total. The molecule has 0 unspecified atom stereocenters. The summed E-state index contributed by atoms with van der Waals surface area (Å²) in [7, 11) is 0. The smallest absolute Gasteiger partial charge is 0.286 e. The first-order chi connectivity index (χ1) is 9.08. The quantitative estimate of drug-likeness (QED) is 0.658. The highest BCUT2D eigenvalue weighted by Gasteiger charge is 2.14. The van der Waals surface area contributed by atoms with Gasteiger partial charge in [0.15, 0.2) is 5.84 Å². The molecule has 0 saturated heterocycles. The minimum absolute atomic E-state index is 0.124. The van der Waals surface area contributed by atoms with Gasteiger partial charge in [-0.15, -0.1) is 10.2 Å². The van der Waals surface area contributed by atoms with Crippen molar-refractivity contribution in [2.75, 3.05) is 0 Å². The SMILES string of the molecule is C=C1N=NC(=O)N/C1=N/N=C/c1c(Cl)cccc1Cl. The highest BCUT2D eigenvalue weighted by molar-refractivity contribution is 6.38. The summed E-state index contributed by atoms with van der Waals surface area (Å²) >= 11 is 11.9. The predicted molar refractivity (Wildman–Crippen MR) is 74.0 cm³/mol. The first-order valence-corrected chi connectivity index (χ1v) is 5.80. The Balaban J connectivity index is 2.22. The van der Waals surface area contributed by atoms with Crippen LogP contribution in [0.3, 0.4) is 0 Å². The number of nitrogens with zero attached hydrogens (tertiary/aromatic N) is 4. The van der Waals surface area contributed by atoms with E-state index in [1.54, 1.807) is 18.2 Å². The third-order valence-electron chi connectivity index (χ3n) is 2.10. The van der Waals surface area contributed by atoms with Gasteiger partial charge < -0.3 is 0 Å². The maximum atomic E-state index is 11.0. The van der Waals surface area contributed by atoms with E-state index >= 15 is 0 Å². The molecule has 1 N–H and O–H groups in total. The zero-order valence-corrected chi connectivity index (χ0v) is 11.0. The number of halogens is 2. The number of nitrogens with one attached hydrogen (secondary N) is 1. The number of carbonyl (C=O) groups is 1. The summed E-state index contributed by atoms with van der Waals surface area (Å²) in [5.74, 6) is 0.124. The van der Waals surface area contributed by atoms with Crippen LogP contribution in [0.2, 0.25) is 10.0 Å². The second-order valence-corrected chi connectivity index (χ2v) is 4.22. The molecule has 1 aromatic carbocycles. The molecule has 0 aromatic heterocycles. The van der Waals surface area contributed by atoms with E-state index in [0.29, 0.717) is 15.6 Å². The molecule has 8 heteroatoms. The van der Waals surface area contributed by atoms with Gasteiger partial charge in [0.2, 0.25) is 0 Å². The number of azo groups is 1. The van der Waals surface area contributed by atoms with E-state index in [-0.39, 0.29) is 11.5 Å². The fourth-order valence-corrected chi connectivity index (χ4v) is 1.71. The minimum atomic E-state index is -0.628. The number of carbonyl (C=O) groups excluding carboxylic acids is 1. The minimum Gasteiger partial charge on any atom is -0.286 e. The Morgan fingerprint density at radius 2 is 1.95 bits per heavy atom. The van der Waals surface area contributed by atoms with Gasteiger partial charge in [0.1, 0.15) is 5.70 Å². The van der Waals surface area contributed by atoms with Crippen LogP contribution < -0.4 is 5.32 Å². The Labute approximate surface area is 118 Å². The first kappa shape index (κ1) is 13.4. The Kier molecular flexibility index (Phi) is 4.03. The van der Waals surface area contributed by atoms with Gasteiger partial charge in [0.05, 0.1) is 16.3 Å². The Morgan fingerprint density at radius 1 is 1.26 bits per heavy atom. The van der Waals surface area contributed by atoms with Gasteiger partial charge in [0.25, 0.3) is 0 Å². The summed E-state index contributed by atoms with van der Waals surface area (Å²) < 4.78 is 0. The Bertz CT molecular complexity index is 616. The Hall–Kier alpha value is -2.05. The standard InChI is InChI=1S/C11H7Cl2N5O/c1-6-10(15-11(19)18-16-6)17-14-5-7-8(12)3-2-4-9(7)13/h2-5H,1H2,(H,15,17,19)/b14-5+. The lowest BCUT2D eigenvalue weighted by Gasteiger charge is -2.06. The largest absolute Gasteiger partial charge is 0.365 e. The normalized spacial score (nSPS) is 17.3. The molecule has 1 aliphatic heterocycles. The molecule has 0 fully saturated rings. The average molecular weight is 296 g/mol. The summed E-state index contributed by atoms with van der Waals surface area (Å²) in [6.07, 6.45) is 1.38. The molecule has 0 radical (unpaired) electrons. The molecule has 0 aliphatic carbocycles. The van der Waals surface area contributed by atoms with Crippen LogP contribution in [0.4, 0.5) is 4.79 Å². The molecular weight excluding hydrogens is 289 g/mol. The van der Waals surface area contributed by atoms with E-state index in [1.807, 2.05) is 0 Å². The second-order valence-electron chi connectivity index (χ2n) is 3.41. The highest BCUT2D eigenvalue weighted by Crippen LogP contribution is 2.22. The van der Waals surface area contributed by atoms with Gasteiger partial charge in [-0.25, -0.2) is 4.79 Å². The van der Waals surface area contributed by atoms with Gasteiger partial charge in [0, 0.05) is 5.56 Å². The summed E-state index contributed by atoms with van der Waals surface area (Å²) in [5.41, 5.74) is 0.742. The van der Waals surface area contributed by atoms with Crippen molar-refractivity contribution >= 4 is 41.3 Å². The van der Waals surface area contributed by atoms with Crippen molar-refractivity contribution in [1.29, 1.82) is 0 Å². The number of amides is 2. The number of rotatable bonds is 2. The third kappa shape index (κ3) is 3.24. The molecule has 0 spiro atoms. The lowest BCUT2D eigenvalue weighted by atomic mass is 10.2. The molecule has 1 aliphatic rings. The van der Waals surface area contributed by atoms with E-state index in [2.05, 4.69) is 32.3 Å². The van der Waals surface area contributed by atoms with Crippen LogP contribution in [0, 0.1) is 0 Å². The van der Waals surface area contributed by atoms with E-state index in [9.17, 15) is 4.79 Å². The maximum Gasteiger partial charge on any atom is 0.365 e. The number of hydrogen-bond acceptors (Lipinski definition) is 4. The molecule has 1 heterocycles. The van der Waals surface area contributed by atoms with Crippen LogP contribution in [0.25, 0.3) is 0 Å². The van der Waals surface area contributed by atoms with Crippen LogP contribution in [-0.4, -0.2) is 18.1 Å². The molecule has 2 amide bonds. The first-order valence-electron chi connectivity index (χ1n) is 5.05. The number of urea groups is 1. The van der Waals surface area contributed by atoms with Crippen molar-refractivity contribution in [2.45, 2.75) is 0 Å². The maximum absolute atomic E-state index is 11.0. The molecule has 2 rings (SSSR count). The molecule has 0 atom stereocenters. The van der Waals surface area contributed by atoms with Crippen LogP contribution in [0.1, 0.15) is 5.56 Å². The number of amidine groups is 1. The summed E-state index contributed by atoms with van der Waals surface area (Å²) in [4.78, 5) is 11.0. The van der Waals surface area contributed by atoms with Crippen LogP contribution in [0.15, 0.2) is 50.9 Å². The van der Waals surface area contributed by atoms with Gasteiger partial charge in [-0.1, -0.05) is 41.0 Å². The fraction of sp³-hybridized carbons (Fsp3) is 0. The van der Waals surface area contributed by atoms with Crippen molar-refractivity contribution in [1.82, 2.24) is 5.32 Å². The number of hydrogen-bond donors (Lipinski definition) is 1. The lowest BCUT2D eigenvalue weighted by molar-refractivity contribution is 0.251. The zero-order chi connectivity index (χ0) is 13.8. The van der Waals surface area contributed by atoms with Crippen LogP contribution in [0.5, 0.6) is 0 Å². The molecule has 0 bridgehead atoms. The van der Waals surface area contributed by atoms with Crippen molar-refractivity contribution in [2.24, 2.45) is 20.4 Å². The highest BCUT2D eigenvalue weighted by atomic mass is 35.5. The van der Waals surface area contributed by atoms with E-state index in [4.69, 9.17) is 23.2 Å². The van der Waals surface area contributed by atoms with E-state index in [1.165, 1.54) is 6.21 Å². The van der Waals surface area contributed by atoms with Crippen molar-refractivity contribution in [3.63, 3.8) is 0 Å². The predicted octanol–water partition coefficient (Wildman–Crippen LogP) is 3.41. The monoisotopic (exact) mass is 295 g/mol. The van der Waals surface area contributed by atoms with Gasteiger partial charge in [-0.05, 0) is 12.1 Å². The summed E-state index contributed by atoms with van der Waals surface area (Å²) in [6.45, 7) is 3.56. The van der Waals surface area contributed by atoms with Crippen molar-refractivity contribution < 1.29 is 4.79 Å². The van der Waals surface area contributed by atoms with Crippen LogP contribution >= 0.6 is 23.2 Å². The Morgan fingerprint density at radius 3 is 2.63 bits per heavy atom. The van der Waals surface area contributed by atoms with Crippen LogP contribution in [-0.2, 0) is 0 Å². The fourth-order valence-electron chi connectivity index (χ4n) is 1.21. The zero-order valence-electron chi connectivity index (χ0n) is 9.47. The van der Waals surface area contributed by atoms with E-state index < -0.39 is 6.03 Å². The second kappa shape index (κ2) is 5.73. The van der Waals surface area contributed by atoms with Gasteiger partial charge in [-0.2, -0.15) is 5.10 Å². The summed E-state index contributed by atoms with van der Waals surface area (Å²) in [6, 6.07) is 4.45.